The molecule has 1 atom stereocenters. The van der Waals surface area contributed by atoms with E-state index in [1.165, 1.54) is 31.3 Å². The Morgan fingerprint density at radius 3 is 2.77 bits per heavy atom. The van der Waals surface area contributed by atoms with Crippen LogP contribution in [0.5, 0.6) is 0 Å². The molecule has 162 valence electrons. The Morgan fingerprint density at radius 1 is 1.39 bits per heavy atom. The molecule has 0 aromatic carbocycles. The molecule has 31 heavy (non-hydrogen) atoms. The quantitative estimate of drug-likeness (QED) is 0.571. The van der Waals surface area contributed by atoms with Gasteiger partial charge >= 0.3 is 0 Å². The van der Waals surface area contributed by atoms with E-state index in [1.54, 1.807) is 19.3 Å². The van der Waals surface area contributed by atoms with Crippen LogP contribution < -0.4 is 11.1 Å². The minimum Gasteiger partial charge on any atom is -0.498 e. The number of nitrogens with two attached hydrogens (primary N) is 1. The zero-order valence-corrected chi connectivity index (χ0v) is 16.9. The van der Waals surface area contributed by atoms with E-state index in [0.717, 1.165) is 0 Å². The second kappa shape index (κ2) is 7.51. The number of allylic oxidation sites excluding steroid dienone is 2. The van der Waals surface area contributed by atoms with Gasteiger partial charge in [-0.15, -0.1) is 0 Å². The molecule has 0 fully saturated rings. The number of carbonyl (C=O) groups is 1. The van der Waals surface area contributed by atoms with E-state index in [1.807, 2.05) is 0 Å². The fourth-order valence-corrected chi connectivity index (χ4v) is 3.63. The van der Waals surface area contributed by atoms with E-state index < -0.39 is 29.2 Å². The van der Waals surface area contributed by atoms with Gasteiger partial charge < -0.3 is 24.9 Å². The van der Waals surface area contributed by atoms with Gasteiger partial charge in [-0.2, -0.15) is 5.10 Å². The number of anilines is 3. The lowest BCUT2D eigenvalue weighted by atomic mass is 9.85. The summed E-state index contributed by atoms with van der Waals surface area (Å²) in [6.45, 7) is 0. The fraction of sp³-hybridized carbons (Fsp3) is 0.250. The van der Waals surface area contributed by atoms with Crippen molar-refractivity contribution in [2.24, 2.45) is 7.05 Å². The predicted octanol–water partition coefficient (Wildman–Crippen LogP) is 3.38. The molecule has 3 aromatic rings. The zero-order chi connectivity index (χ0) is 22.3. The number of fused-ring (bicyclic) bond motifs is 1. The molecule has 3 heterocycles. The molecule has 0 aliphatic heterocycles. The third-order valence-corrected chi connectivity index (χ3v) is 5.15. The summed E-state index contributed by atoms with van der Waals surface area (Å²) in [7, 11) is 4.13. The summed E-state index contributed by atoms with van der Waals surface area (Å²) in [6, 6.07) is 1.64. The number of nitrogen functional groups attached to an aromatic ring is 1. The molecule has 9 nitrogen and oxygen atoms in total. The largest absolute Gasteiger partial charge is 0.498 e. The van der Waals surface area contributed by atoms with Gasteiger partial charge in [0.15, 0.2) is 40.7 Å². The van der Waals surface area contributed by atoms with Crippen molar-refractivity contribution < 1.29 is 27.5 Å². The van der Waals surface area contributed by atoms with Crippen LogP contribution in [0, 0.1) is 0 Å². The number of carbonyl (C=O) groups excluding carboxylic acids is 1. The highest BCUT2D eigenvalue weighted by Crippen LogP contribution is 2.51. The maximum absolute atomic E-state index is 15.6. The number of halogens is 2. The highest BCUT2D eigenvalue weighted by atomic mass is 19.1. The number of aldehydes is 1. The van der Waals surface area contributed by atoms with E-state index in [2.05, 4.69) is 15.4 Å². The number of hydrogen-bond donors (Lipinski definition) is 2. The topological polar surface area (TPSA) is 117 Å². The van der Waals surface area contributed by atoms with Crippen molar-refractivity contribution in [3.63, 3.8) is 0 Å². The van der Waals surface area contributed by atoms with Gasteiger partial charge in [-0.05, 0) is 6.07 Å². The van der Waals surface area contributed by atoms with Crippen LogP contribution in [0.25, 0.3) is 11.0 Å². The lowest BCUT2D eigenvalue weighted by Gasteiger charge is -2.34. The summed E-state index contributed by atoms with van der Waals surface area (Å²) in [5.41, 5.74) is 4.12. The third-order valence-electron chi connectivity index (χ3n) is 5.15. The van der Waals surface area contributed by atoms with Crippen LogP contribution >= 0.6 is 0 Å². The summed E-state index contributed by atoms with van der Waals surface area (Å²) in [5, 5.41) is 7.83. The summed E-state index contributed by atoms with van der Waals surface area (Å²) in [5.74, 6) is -2.26. The van der Waals surface area contributed by atoms with Gasteiger partial charge in [-0.25, -0.2) is 8.78 Å². The van der Waals surface area contributed by atoms with Gasteiger partial charge in [0, 0.05) is 31.9 Å². The van der Waals surface area contributed by atoms with Gasteiger partial charge in [-0.3, -0.25) is 14.5 Å². The second-order valence-electron chi connectivity index (χ2n) is 6.90. The first kappa shape index (κ1) is 20.5. The van der Waals surface area contributed by atoms with E-state index in [0.29, 0.717) is 22.5 Å². The first-order chi connectivity index (χ1) is 14.9. The van der Waals surface area contributed by atoms with Crippen LogP contribution in [0.1, 0.15) is 12.2 Å². The Balaban J connectivity index is 1.99. The number of aryl methyl sites for hydroxylation is 1. The number of pyridine rings is 1. The van der Waals surface area contributed by atoms with Gasteiger partial charge in [-0.1, -0.05) is 0 Å². The number of ether oxygens (including phenoxy) is 2. The van der Waals surface area contributed by atoms with E-state index >= 15 is 4.39 Å². The average molecular weight is 431 g/mol. The van der Waals surface area contributed by atoms with Crippen LogP contribution in [-0.4, -0.2) is 35.3 Å². The summed E-state index contributed by atoms with van der Waals surface area (Å²) < 4.78 is 48.2. The molecular weight excluding hydrogens is 412 g/mol. The Bertz CT molecular complexity index is 1250. The Hall–Kier alpha value is -3.73. The first-order valence-electron chi connectivity index (χ1n) is 9.13. The molecule has 1 unspecified atom stereocenters. The molecule has 0 saturated heterocycles. The monoisotopic (exact) mass is 431 g/mol. The molecule has 0 bridgehead atoms. The van der Waals surface area contributed by atoms with E-state index in [9.17, 15) is 9.18 Å². The van der Waals surface area contributed by atoms with Crippen LogP contribution in [0.3, 0.4) is 0 Å². The summed E-state index contributed by atoms with van der Waals surface area (Å²) in [6.07, 6.45) is 4.23. The van der Waals surface area contributed by atoms with Crippen LogP contribution in [-0.2, 0) is 26.9 Å². The maximum Gasteiger partial charge on any atom is 0.186 e. The minimum absolute atomic E-state index is 0.0537. The number of rotatable bonds is 6. The van der Waals surface area contributed by atoms with Gasteiger partial charge in [0.2, 0.25) is 0 Å². The smallest absolute Gasteiger partial charge is 0.186 e. The highest BCUT2D eigenvalue weighted by Gasteiger charge is 2.50. The van der Waals surface area contributed by atoms with Gasteiger partial charge in [0.25, 0.3) is 0 Å². The molecule has 0 spiro atoms. The van der Waals surface area contributed by atoms with E-state index in [4.69, 9.17) is 19.6 Å². The molecule has 1 aliphatic carbocycles. The highest BCUT2D eigenvalue weighted by molar-refractivity contribution is 5.95. The van der Waals surface area contributed by atoms with Crippen LogP contribution in [0.2, 0.25) is 0 Å². The fourth-order valence-electron chi connectivity index (χ4n) is 3.63. The minimum atomic E-state index is -1.98. The molecule has 3 aromatic heterocycles. The van der Waals surface area contributed by atoms with Crippen LogP contribution in [0.15, 0.2) is 52.1 Å². The van der Waals surface area contributed by atoms with Crippen molar-refractivity contribution in [2.45, 2.75) is 12.0 Å². The van der Waals surface area contributed by atoms with E-state index in [-0.39, 0.29) is 23.5 Å². The average Bonchev–Trinajstić information content (AvgIpc) is 3.29. The number of nitrogens with one attached hydrogen (secondary N) is 1. The SMILES string of the molecule is COC1=C(F)C(C=O)=C(F)C(OC)(c2oc3cnccc3c2Nc2nn(C)cc2N)C1. The van der Waals surface area contributed by atoms with Gasteiger partial charge in [0.05, 0.1) is 36.7 Å². The molecule has 4 rings (SSSR count). The van der Waals surface area contributed by atoms with Crippen molar-refractivity contribution in [1.82, 2.24) is 14.8 Å². The number of hydrogen-bond acceptors (Lipinski definition) is 8. The van der Waals surface area contributed by atoms with Crippen molar-refractivity contribution in [3.05, 3.63) is 53.4 Å². The lowest BCUT2D eigenvalue weighted by Crippen LogP contribution is -2.34. The molecule has 0 amide bonds. The Kier molecular flexibility index (Phi) is 4.97. The third kappa shape index (κ3) is 3.05. The normalized spacial score (nSPS) is 19.3. The standard InChI is InChI=1S/C20H19F2N5O4/c1-27-8-12(23)19(26-27)25-16-10-4-5-24-7-14(10)31-18(16)20(30-3)6-13(29-2)15(21)11(9-28)17(20)22/h4-5,7-9H,6,23H2,1-3H3,(H,25,26). The number of aromatic nitrogens is 3. The van der Waals surface area contributed by atoms with Crippen molar-refractivity contribution in [1.29, 1.82) is 0 Å². The number of methoxy groups -OCH3 is 2. The summed E-state index contributed by atoms with van der Waals surface area (Å²) >= 11 is 0. The molecule has 3 N–H and O–H groups in total. The number of furan rings is 1. The lowest BCUT2D eigenvalue weighted by molar-refractivity contribution is -0.105. The van der Waals surface area contributed by atoms with Gasteiger partial charge in [0.1, 0.15) is 5.76 Å². The second-order valence-corrected chi connectivity index (χ2v) is 6.90. The van der Waals surface area contributed by atoms with Crippen LogP contribution in [0.4, 0.5) is 26.0 Å². The molecular formula is C20H19F2N5O4. The first-order valence-corrected chi connectivity index (χ1v) is 9.13. The molecule has 0 saturated carbocycles. The summed E-state index contributed by atoms with van der Waals surface area (Å²) in [4.78, 5) is 15.5. The maximum atomic E-state index is 15.6. The Labute approximate surface area is 175 Å². The van der Waals surface area contributed by atoms with Crippen molar-refractivity contribution in [2.75, 3.05) is 25.3 Å². The predicted molar refractivity (Wildman–Crippen MR) is 108 cm³/mol. The molecule has 11 heteroatoms. The molecule has 0 radical (unpaired) electrons. The Morgan fingerprint density at radius 2 is 2.16 bits per heavy atom. The van der Waals surface area contributed by atoms with Crippen molar-refractivity contribution >= 4 is 34.4 Å². The zero-order valence-electron chi connectivity index (χ0n) is 16.9. The molecule has 1 aliphatic rings. The number of nitrogens with zero attached hydrogens (tertiary/aromatic N) is 3. The van der Waals surface area contributed by atoms with Crippen molar-refractivity contribution in [3.8, 4) is 0 Å².